The minimum atomic E-state index is 0.211. The van der Waals surface area contributed by atoms with Gasteiger partial charge in [-0.3, -0.25) is 9.69 Å². The maximum absolute atomic E-state index is 12.6. The molecule has 0 aliphatic carbocycles. The molecule has 1 aromatic carbocycles. The highest BCUT2D eigenvalue weighted by atomic mass is 16.5. The number of aryl methyl sites for hydroxylation is 1. The molecule has 2 aliphatic rings. The van der Waals surface area contributed by atoms with Crippen molar-refractivity contribution in [3.05, 3.63) is 35.9 Å². The third-order valence-corrected chi connectivity index (χ3v) is 5.43. The maximum Gasteiger partial charge on any atom is 0.222 e. The van der Waals surface area contributed by atoms with Gasteiger partial charge in [0.15, 0.2) is 0 Å². The van der Waals surface area contributed by atoms with Crippen molar-refractivity contribution in [3.8, 4) is 0 Å². The number of ether oxygens (including phenoxy) is 1. The van der Waals surface area contributed by atoms with Gasteiger partial charge in [-0.2, -0.15) is 0 Å². The predicted molar refractivity (Wildman–Crippen MR) is 95.9 cm³/mol. The molecule has 0 unspecified atom stereocenters. The van der Waals surface area contributed by atoms with Gasteiger partial charge in [-0.1, -0.05) is 30.3 Å². The molecule has 24 heavy (non-hydrogen) atoms. The van der Waals surface area contributed by atoms with E-state index in [1.807, 2.05) is 23.1 Å². The number of fused-ring (bicyclic) bond motifs is 1. The molecular weight excluding hydrogens is 300 g/mol. The standard InChI is InChI=1S/C20H30N2O2/c1-16(2)21-12-13-24-19-15-22(11-10-18(19)14-21)20(23)9-8-17-6-4-3-5-7-17/h3-7,16,18-19H,8-15H2,1-2H3/t18-,19-/m1/s1. The summed E-state index contributed by atoms with van der Waals surface area (Å²) in [5, 5.41) is 0. The minimum absolute atomic E-state index is 0.211. The number of carbonyl (C=O) groups excluding carboxylic acids is 1. The number of carbonyl (C=O) groups is 1. The number of piperidine rings is 1. The monoisotopic (exact) mass is 330 g/mol. The number of hydrogen-bond acceptors (Lipinski definition) is 3. The van der Waals surface area contributed by atoms with E-state index < -0.39 is 0 Å². The quantitative estimate of drug-likeness (QED) is 0.851. The molecule has 2 atom stereocenters. The summed E-state index contributed by atoms with van der Waals surface area (Å²) in [6.07, 6.45) is 2.69. The van der Waals surface area contributed by atoms with Gasteiger partial charge in [-0.15, -0.1) is 0 Å². The molecule has 0 radical (unpaired) electrons. The van der Waals surface area contributed by atoms with E-state index in [0.29, 0.717) is 18.4 Å². The van der Waals surface area contributed by atoms with E-state index >= 15 is 0 Å². The number of nitrogens with zero attached hydrogens (tertiary/aromatic N) is 2. The SMILES string of the molecule is CC(C)N1CCO[C@@H]2CN(C(=O)CCc3ccccc3)CC[C@@H]2C1. The van der Waals surface area contributed by atoms with Crippen molar-refractivity contribution >= 4 is 5.91 Å². The van der Waals surface area contributed by atoms with E-state index in [-0.39, 0.29) is 12.0 Å². The van der Waals surface area contributed by atoms with E-state index in [1.54, 1.807) is 0 Å². The smallest absolute Gasteiger partial charge is 0.222 e. The number of hydrogen-bond donors (Lipinski definition) is 0. The third kappa shape index (κ3) is 4.37. The number of likely N-dealkylation sites (tertiary alicyclic amines) is 1. The van der Waals surface area contributed by atoms with Crippen LogP contribution >= 0.6 is 0 Å². The molecule has 2 saturated heterocycles. The highest BCUT2D eigenvalue weighted by Crippen LogP contribution is 2.25. The summed E-state index contributed by atoms with van der Waals surface area (Å²) < 4.78 is 6.09. The lowest BCUT2D eigenvalue weighted by Gasteiger charge is -2.38. The summed E-state index contributed by atoms with van der Waals surface area (Å²) in [7, 11) is 0. The second-order valence-electron chi connectivity index (χ2n) is 7.37. The van der Waals surface area contributed by atoms with Crippen molar-refractivity contribution in [2.24, 2.45) is 5.92 Å². The van der Waals surface area contributed by atoms with Crippen molar-refractivity contribution in [2.45, 2.75) is 45.3 Å². The molecule has 1 amide bonds. The van der Waals surface area contributed by atoms with Gasteiger partial charge in [0.25, 0.3) is 0 Å². The van der Waals surface area contributed by atoms with Crippen LogP contribution in [-0.4, -0.2) is 60.6 Å². The van der Waals surface area contributed by atoms with Crippen molar-refractivity contribution < 1.29 is 9.53 Å². The molecule has 1 aromatic rings. The van der Waals surface area contributed by atoms with Crippen LogP contribution in [0.1, 0.15) is 32.3 Å². The zero-order valence-corrected chi connectivity index (χ0v) is 15.0. The number of rotatable bonds is 4. The number of benzene rings is 1. The Hall–Kier alpha value is -1.39. The molecule has 4 heteroatoms. The Bertz CT molecular complexity index is 532. The van der Waals surface area contributed by atoms with Crippen LogP contribution in [0.15, 0.2) is 30.3 Å². The van der Waals surface area contributed by atoms with Crippen LogP contribution in [0.4, 0.5) is 0 Å². The molecule has 2 heterocycles. The normalized spacial score (nSPS) is 25.4. The van der Waals surface area contributed by atoms with E-state index in [1.165, 1.54) is 5.56 Å². The van der Waals surface area contributed by atoms with Crippen LogP contribution in [0.25, 0.3) is 0 Å². The first kappa shape index (κ1) is 17.4. The van der Waals surface area contributed by atoms with Crippen LogP contribution in [0.3, 0.4) is 0 Å². The summed E-state index contributed by atoms with van der Waals surface area (Å²) in [6.45, 7) is 9.05. The van der Waals surface area contributed by atoms with Gasteiger partial charge >= 0.3 is 0 Å². The van der Waals surface area contributed by atoms with Crippen molar-refractivity contribution in [1.29, 1.82) is 0 Å². The summed E-state index contributed by atoms with van der Waals surface area (Å²) >= 11 is 0. The second-order valence-corrected chi connectivity index (χ2v) is 7.37. The fraction of sp³-hybridized carbons (Fsp3) is 0.650. The summed E-state index contributed by atoms with van der Waals surface area (Å²) in [5.41, 5.74) is 1.24. The fourth-order valence-corrected chi connectivity index (χ4v) is 3.83. The molecular formula is C20H30N2O2. The first-order valence-corrected chi connectivity index (χ1v) is 9.31. The molecule has 0 aromatic heterocycles. The van der Waals surface area contributed by atoms with E-state index in [4.69, 9.17) is 4.74 Å². The molecule has 0 bridgehead atoms. The van der Waals surface area contributed by atoms with E-state index in [0.717, 1.165) is 45.6 Å². The zero-order chi connectivity index (χ0) is 16.9. The second kappa shape index (κ2) is 8.13. The minimum Gasteiger partial charge on any atom is -0.375 e. The van der Waals surface area contributed by atoms with Crippen molar-refractivity contribution in [3.63, 3.8) is 0 Å². The Morgan fingerprint density at radius 1 is 1.21 bits per heavy atom. The summed E-state index contributed by atoms with van der Waals surface area (Å²) in [5.74, 6) is 0.832. The van der Waals surface area contributed by atoms with E-state index in [9.17, 15) is 4.79 Å². The molecule has 0 saturated carbocycles. The Kier molecular flexibility index (Phi) is 5.90. The van der Waals surface area contributed by atoms with Gasteiger partial charge < -0.3 is 9.64 Å². The topological polar surface area (TPSA) is 32.8 Å². The molecule has 3 rings (SSSR count). The molecule has 0 N–H and O–H groups in total. The Labute approximate surface area is 145 Å². The zero-order valence-electron chi connectivity index (χ0n) is 15.0. The lowest BCUT2D eigenvalue weighted by atomic mass is 9.92. The lowest BCUT2D eigenvalue weighted by Crippen LogP contribution is -2.49. The van der Waals surface area contributed by atoms with Crippen molar-refractivity contribution in [2.75, 3.05) is 32.8 Å². The average molecular weight is 330 g/mol. The molecule has 2 aliphatic heterocycles. The van der Waals surface area contributed by atoms with Gasteiger partial charge in [-0.05, 0) is 32.3 Å². The summed E-state index contributed by atoms with van der Waals surface area (Å²) in [6, 6.07) is 10.8. The van der Waals surface area contributed by atoms with Crippen LogP contribution in [-0.2, 0) is 16.0 Å². The largest absolute Gasteiger partial charge is 0.375 e. The molecule has 2 fully saturated rings. The van der Waals surface area contributed by atoms with Crippen LogP contribution in [0.5, 0.6) is 0 Å². The van der Waals surface area contributed by atoms with Crippen LogP contribution < -0.4 is 0 Å². The first-order chi connectivity index (χ1) is 11.6. The fourth-order valence-electron chi connectivity index (χ4n) is 3.83. The van der Waals surface area contributed by atoms with Crippen molar-refractivity contribution in [1.82, 2.24) is 9.80 Å². The Morgan fingerprint density at radius 2 is 2.00 bits per heavy atom. The van der Waals surface area contributed by atoms with Crippen LogP contribution in [0, 0.1) is 5.92 Å². The lowest BCUT2D eigenvalue weighted by molar-refractivity contribution is -0.136. The average Bonchev–Trinajstić information content (AvgIpc) is 2.82. The van der Waals surface area contributed by atoms with E-state index in [2.05, 4.69) is 30.9 Å². The number of amides is 1. The van der Waals surface area contributed by atoms with Gasteiger partial charge in [-0.25, -0.2) is 0 Å². The third-order valence-electron chi connectivity index (χ3n) is 5.43. The molecule has 4 nitrogen and oxygen atoms in total. The van der Waals surface area contributed by atoms with Crippen LogP contribution in [0.2, 0.25) is 0 Å². The van der Waals surface area contributed by atoms with Gasteiger partial charge in [0, 0.05) is 44.6 Å². The predicted octanol–water partition coefficient (Wildman–Crippen LogP) is 2.58. The van der Waals surface area contributed by atoms with Gasteiger partial charge in [0.1, 0.15) is 0 Å². The Morgan fingerprint density at radius 3 is 2.75 bits per heavy atom. The van der Waals surface area contributed by atoms with Gasteiger partial charge in [0.2, 0.25) is 5.91 Å². The molecule has 132 valence electrons. The molecule has 0 spiro atoms. The highest BCUT2D eigenvalue weighted by molar-refractivity contribution is 5.76. The highest BCUT2D eigenvalue weighted by Gasteiger charge is 2.35. The Balaban J connectivity index is 1.52. The first-order valence-electron chi connectivity index (χ1n) is 9.31. The maximum atomic E-state index is 12.6. The summed E-state index contributed by atoms with van der Waals surface area (Å²) in [4.78, 5) is 17.1. The van der Waals surface area contributed by atoms with Gasteiger partial charge in [0.05, 0.1) is 12.7 Å².